The zero-order valence-corrected chi connectivity index (χ0v) is 39.3. The molecular weight excluding hydrogens is 773 g/mol. The summed E-state index contributed by atoms with van der Waals surface area (Å²) in [5, 5.41) is 0. The van der Waals surface area contributed by atoms with E-state index in [1.807, 2.05) is 0 Å². The minimum atomic E-state index is -0.567. The molecule has 0 N–H and O–H groups in total. The fraction of sp³-hybridized carbons (Fsp3) is 0.815. The maximum Gasteiger partial charge on any atom is 0.172 e. The molecule has 2 spiro atoms. The van der Waals surface area contributed by atoms with Gasteiger partial charge < -0.3 is 18.9 Å². The Morgan fingerprint density at radius 1 is 0.581 bits per heavy atom. The number of Topliss-reactive ketones (excluding diaryl/α,β-unsaturated/α-hetero) is 2. The van der Waals surface area contributed by atoms with Crippen molar-refractivity contribution < 1.29 is 28.5 Å². The van der Waals surface area contributed by atoms with Crippen LogP contribution in [0.25, 0.3) is 0 Å². The highest BCUT2D eigenvalue weighted by molar-refractivity contribution is 5.85. The lowest BCUT2D eigenvalue weighted by Crippen LogP contribution is -2.49. The average molecular weight is 849 g/mol. The van der Waals surface area contributed by atoms with Gasteiger partial charge in [0.25, 0.3) is 0 Å². The first kappa shape index (κ1) is 42.4. The highest BCUT2D eigenvalue weighted by atomic mass is 16.7. The van der Waals surface area contributed by atoms with Crippen LogP contribution < -0.4 is 0 Å². The maximum absolute atomic E-state index is 14.2. The summed E-state index contributed by atoms with van der Waals surface area (Å²) in [5.41, 5.74) is 4.51. The van der Waals surface area contributed by atoms with Gasteiger partial charge in [-0.25, -0.2) is 0 Å². The Morgan fingerprint density at radius 3 is 1.34 bits per heavy atom. The molecular formula is C54H76N2O6. The summed E-state index contributed by atoms with van der Waals surface area (Å²) >= 11 is 0. The van der Waals surface area contributed by atoms with Gasteiger partial charge in [-0.05, 0) is 151 Å². The van der Waals surface area contributed by atoms with Crippen LogP contribution >= 0.6 is 0 Å². The van der Waals surface area contributed by atoms with Gasteiger partial charge in [0.2, 0.25) is 0 Å². The van der Waals surface area contributed by atoms with E-state index in [-0.39, 0.29) is 69.7 Å². The van der Waals surface area contributed by atoms with Gasteiger partial charge in [0.15, 0.2) is 11.6 Å². The van der Waals surface area contributed by atoms with Crippen molar-refractivity contribution in [3.05, 3.63) is 48.1 Å². The smallest absolute Gasteiger partial charge is 0.172 e. The largest absolute Gasteiger partial charge is 0.346 e. The molecule has 0 amide bonds. The molecule has 10 aliphatic rings. The van der Waals surface area contributed by atoms with Crippen LogP contribution in [0, 0.1) is 81.8 Å². The number of aromatic nitrogens is 2. The molecule has 1 aromatic heterocycles. The number of ketones is 2. The predicted octanol–water partition coefficient (Wildman–Crippen LogP) is 10.2. The highest BCUT2D eigenvalue weighted by Gasteiger charge is 2.64. The number of carbonyl (C=O) groups excluding carboxylic acids is 2. The lowest BCUT2D eigenvalue weighted by atomic mass is 9.52. The quantitative estimate of drug-likeness (QED) is 0.261. The first-order chi connectivity index (χ1) is 29.3. The Hall–Kier alpha value is -2.26. The lowest BCUT2D eigenvalue weighted by Gasteiger charge is -2.53. The van der Waals surface area contributed by atoms with Crippen molar-refractivity contribution in [1.82, 2.24) is 9.97 Å². The van der Waals surface area contributed by atoms with Gasteiger partial charge in [-0.2, -0.15) is 0 Å². The number of nitrogens with zero attached hydrogens (tertiary/aromatic N) is 2. The molecule has 4 aliphatic heterocycles. The van der Waals surface area contributed by atoms with Gasteiger partial charge in [-0.15, -0.1) is 13.2 Å². The minimum Gasteiger partial charge on any atom is -0.346 e. The Balaban J connectivity index is 0.793. The van der Waals surface area contributed by atoms with Crippen LogP contribution in [0.5, 0.6) is 0 Å². The fourth-order valence-corrected chi connectivity index (χ4v) is 17.2. The zero-order valence-electron chi connectivity index (χ0n) is 39.3. The molecule has 8 heteroatoms. The first-order valence-electron chi connectivity index (χ1n) is 25.3. The van der Waals surface area contributed by atoms with Crippen LogP contribution in [0.15, 0.2) is 25.3 Å². The molecule has 6 aliphatic carbocycles. The van der Waals surface area contributed by atoms with Crippen molar-refractivity contribution in [2.24, 2.45) is 81.8 Å². The number of carbonyl (C=O) groups is 2. The summed E-state index contributed by atoms with van der Waals surface area (Å²) < 4.78 is 27.2. The third kappa shape index (κ3) is 6.16. The van der Waals surface area contributed by atoms with Gasteiger partial charge in [-0.3, -0.25) is 19.6 Å². The summed E-state index contributed by atoms with van der Waals surface area (Å²) in [4.78, 5) is 39.5. The number of fused-ring (bicyclic) bond motifs is 8. The van der Waals surface area contributed by atoms with Crippen LogP contribution in [-0.4, -0.2) is 56.5 Å². The molecule has 62 heavy (non-hydrogen) atoms. The second kappa shape index (κ2) is 14.1. The average Bonchev–Trinajstić information content (AvgIpc) is 4.01. The van der Waals surface area contributed by atoms with Crippen LogP contribution in [0.1, 0.15) is 155 Å². The fourth-order valence-electron chi connectivity index (χ4n) is 17.2. The summed E-state index contributed by atoms with van der Waals surface area (Å²) in [6.07, 6.45) is 19.1. The molecule has 4 saturated carbocycles. The van der Waals surface area contributed by atoms with E-state index in [0.29, 0.717) is 59.9 Å². The van der Waals surface area contributed by atoms with Crippen LogP contribution in [0.3, 0.4) is 0 Å². The van der Waals surface area contributed by atoms with Crippen LogP contribution in [0.2, 0.25) is 0 Å². The van der Waals surface area contributed by atoms with Crippen molar-refractivity contribution in [3.8, 4) is 0 Å². The van der Waals surface area contributed by atoms with E-state index in [0.717, 1.165) is 89.9 Å². The van der Waals surface area contributed by atoms with Crippen LogP contribution in [-0.2, 0) is 54.2 Å². The van der Waals surface area contributed by atoms with E-state index < -0.39 is 11.6 Å². The van der Waals surface area contributed by atoms with E-state index in [1.54, 1.807) is 0 Å². The number of hydrogen-bond donors (Lipinski definition) is 0. The second-order valence-corrected chi connectivity index (χ2v) is 24.8. The summed E-state index contributed by atoms with van der Waals surface area (Å²) in [6, 6.07) is 0. The molecule has 8 nitrogen and oxygen atoms in total. The van der Waals surface area contributed by atoms with Crippen molar-refractivity contribution in [2.45, 2.75) is 193 Å². The lowest BCUT2D eigenvalue weighted by molar-refractivity contribution is -0.251. The Kier molecular flexibility index (Phi) is 9.66. The van der Waals surface area contributed by atoms with Gasteiger partial charge >= 0.3 is 0 Å². The molecule has 1 aromatic rings. The third-order valence-electron chi connectivity index (χ3n) is 20.8. The van der Waals surface area contributed by atoms with E-state index in [4.69, 9.17) is 28.9 Å². The molecule has 5 heterocycles. The first-order valence-corrected chi connectivity index (χ1v) is 25.3. The molecule has 0 bridgehead atoms. The topological polar surface area (TPSA) is 96.8 Å². The maximum atomic E-state index is 14.2. The zero-order chi connectivity index (χ0) is 43.5. The molecule has 8 fully saturated rings. The Labute approximate surface area is 371 Å². The number of ether oxygens (including phenoxy) is 4. The summed E-state index contributed by atoms with van der Waals surface area (Å²) in [5.74, 6) is 3.19. The van der Waals surface area contributed by atoms with E-state index in [9.17, 15) is 9.59 Å². The van der Waals surface area contributed by atoms with Crippen molar-refractivity contribution in [1.29, 1.82) is 0 Å². The molecule has 0 unspecified atom stereocenters. The van der Waals surface area contributed by atoms with E-state index >= 15 is 0 Å². The van der Waals surface area contributed by atoms with E-state index in [2.05, 4.69) is 80.7 Å². The standard InChI is InChI=1S/C54H76N2O6/c1-11-33-29(3)53(19-17-49(5,6)61-53)59-47(33)23-37-35-15-13-31-21-41-43(27-51(31,9)39(35)25-45(37)57)55-42-22-32-14-16-36-38(46(58)26-40(36)52(32,10)28-44(42)56-41)24-48-34(12-2)30(4)54(60-48)20-18-50(7,8)62-54/h11-12,29-40,47-48H,1-2,13-28H2,3-10H3/t29-,30-,31-,32-,33-,34-,35-,36-,37-,38-,39-,40-,47-,48-,51-,52-,53-,54-/m0/s1. The number of rotatable bonds is 6. The Morgan fingerprint density at radius 2 is 0.984 bits per heavy atom. The summed E-state index contributed by atoms with van der Waals surface area (Å²) in [7, 11) is 0. The van der Waals surface area contributed by atoms with Gasteiger partial charge in [0.05, 0.1) is 46.2 Å². The van der Waals surface area contributed by atoms with E-state index in [1.165, 1.54) is 22.8 Å². The highest BCUT2D eigenvalue weighted by Crippen LogP contribution is 2.64. The normalized spacial score (nSPS) is 50.6. The predicted molar refractivity (Wildman–Crippen MR) is 238 cm³/mol. The molecule has 0 aromatic carbocycles. The van der Waals surface area contributed by atoms with Gasteiger partial charge in [-0.1, -0.05) is 39.8 Å². The summed E-state index contributed by atoms with van der Waals surface area (Å²) in [6.45, 7) is 26.7. The van der Waals surface area contributed by atoms with Crippen molar-refractivity contribution in [3.63, 3.8) is 0 Å². The SMILES string of the molecule is C=C[C@@H]1[C@H](C[C@@H]2C(=O)C[C@H]3[C@H]2CC[C@H]2Cc4nc5c(nc4C[C@@]23C)C[C@@H]2CC[C@H]3[C@H](C[C@@H]4O[C@]6(CCC(C)(C)O6)[C@@H](C)[C@@H]4C=C)C(=O)C[C@@H]3[C@@]2(C)C5)O[C@]2(CCC(C)(C)O2)[C@H]1C. The molecule has 18 atom stereocenters. The van der Waals surface area contributed by atoms with Crippen molar-refractivity contribution >= 4 is 11.6 Å². The third-order valence-corrected chi connectivity index (χ3v) is 20.8. The minimum absolute atomic E-state index is 0.0325. The number of hydrogen-bond acceptors (Lipinski definition) is 8. The second-order valence-electron chi connectivity index (χ2n) is 24.8. The molecule has 11 rings (SSSR count). The molecule has 338 valence electrons. The Bertz CT molecular complexity index is 1920. The van der Waals surface area contributed by atoms with Gasteiger partial charge in [0.1, 0.15) is 11.6 Å². The monoisotopic (exact) mass is 849 g/mol. The molecule has 4 saturated heterocycles. The van der Waals surface area contributed by atoms with Gasteiger partial charge in [0, 0.05) is 61.2 Å². The van der Waals surface area contributed by atoms with Crippen LogP contribution in [0.4, 0.5) is 0 Å². The molecule has 0 radical (unpaired) electrons. The van der Waals surface area contributed by atoms with Crippen molar-refractivity contribution in [2.75, 3.05) is 0 Å².